The molecule has 0 saturated carbocycles. The lowest BCUT2D eigenvalue weighted by atomic mass is 10.2. The number of ether oxygens (including phenoxy) is 1. The molecule has 0 fully saturated rings. The van der Waals surface area contributed by atoms with Gasteiger partial charge in [0.2, 0.25) is 0 Å². The molecule has 0 saturated heterocycles. The Balaban J connectivity index is 5.07. The summed E-state index contributed by atoms with van der Waals surface area (Å²) in [4.78, 5) is 10.9. The molecule has 0 radical (unpaired) electrons. The van der Waals surface area contributed by atoms with Crippen LogP contribution in [0.1, 0.15) is 13.8 Å². The van der Waals surface area contributed by atoms with Gasteiger partial charge in [-0.2, -0.15) is 0 Å². The molecule has 0 atom stereocenters. The van der Waals surface area contributed by atoms with Gasteiger partial charge >= 0.3 is 5.97 Å². The molecule has 14 heavy (non-hydrogen) atoms. The highest BCUT2D eigenvalue weighted by Gasteiger charge is 2.12. The van der Waals surface area contributed by atoms with E-state index < -0.39 is 15.0 Å². The summed E-state index contributed by atoms with van der Waals surface area (Å²) in [5, 5.41) is 0. The van der Waals surface area contributed by atoms with Gasteiger partial charge in [0, 0.05) is 10.7 Å². The Bertz CT molecular complexity index is 378. The standard InChI is InChI=1S/C8H11ClO4S/c1-4-7(8(10)13-3)5-6(2)14(9,11)12/h4-5H,1-3H3/b6-5+,7-4+. The number of carbonyl (C=O) groups excluding carboxylic acids is 1. The number of carbonyl (C=O) groups is 1. The maximum atomic E-state index is 11.0. The third kappa shape index (κ3) is 3.93. The molecule has 0 rings (SSSR count). The van der Waals surface area contributed by atoms with Crippen molar-refractivity contribution in [2.45, 2.75) is 13.8 Å². The van der Waals surface area contributed by atoms with Gasteiger partial charge in [0.15, 0.2) is 0 Å². The summed E-state index contributed by atoms with van der Waals surface area (Å²) in [6.45, 7) is 2.89. The van der Waals surface area contributed by atoms with Crippen LogP contribution in [-0.4, -0.2) is 21.5 Å². The minimum absolute atomic E-state index is 0.0994. The minimum Gasteiger partial charge on any atom is -0.465 e. The first-order chi connectivity index (χ1) is 6.32. The van der Waals surface area contributed by atoms with Crippen LogP contribution in [0.25, 0.3) is 0 Å². The van der Waals surface area contributed by atoms with Gasteiger partial charge in [-0.25, -0.2) is 13.2 Å². The van der Waals surface area contributed by atoms with Crippen LogP contribution in [0.5, 0.6) is 0 Å². The molecule has 4 nitrogen and oxygen atoms in total. The topological polar surface area (TPSA) is 60.4 Å². The van der Waals surface area contributed by atoms with Gasteiger partial charge in [0.05, 0.1) is 17.6 Å². The van der Waals surface area contributed by atoms with Crippen LogP contribution in [0.2, 0.25) is 0 Å². The van der Waals surface area contributed by atoms with E-state index in [2.05, 4.69) is 4.74 Å². The Morgan fingerprint density at radius 1 is 1.43 bits per heavy atom. The molecule has 0 amide bonds. The Labute approximate surface area is 87.6 Å². The molecule has 0 unspecified atom stereocenters. The molecule has 0 spiro atoms. The summed E-state index contributed by atoms with van der Waals surface area (Å²) in [5.74, 6) is -0.604. The molecule has 0 aromatic rings. The number of hydrogen-bond acceptors (Lipinski definition) is 4. The number of allylic oxidation sites excluding steroid dienone is 2. The van der Waals surface area contributed by atoms with Crippen LogP contribution in [0, 0.1) is 0 Å². The second-order valence-electron chi connectivity index (χ2n) is 2.43. The minimum atomic E-state index is -3.77. The van der Waals surface area contributed by atoms with Crippen molar-refractivity contribution >= 4 is 25.7 Å². The third-order valence-corrected chi connectivity index (χ3v) is 3.09. The Kier molecular flexibility index (Phi) is 4.87. The van der Waals surface area contributed by atoms with Crippen molar-refractivity contribution < 1.29 is 17.9 Å². The highest BCUT2D eigenvalue weighted by atomic mass is 35.7. The molecule has 0 aromatic carbocycles. The zero-order chi connectivity index (χ0) is 11.4. The predicted octanol–water partition coefficient (Wildman–Crippen LogP) is 1.58. The normalized spacial score (nSPS) is 14.0. The van der Waals surface area contributed by atoms with Gasteiger partial charge in [-0.3, -0.25) is 0 Å². The molecule has 0 bridgehead atoms. The van der Waals surface area contributed by atoms with E-state index in [0.29, 0.717) is 0 Å². The molecular weight excluding hydrogens is 228 g/mol. The molecule has 0 aliphatic heterocycles. The molecule has 0 heterocycles. The maximum Gasteiger partial charge on any atom is 0.337 e. The van der Waals surface area contributed by atoms with Crippen molar-refractivity contribution in [1.29, 1.82) is 0 Å². The van der Waals surface area contributed by atoms with E-state index in [-0.39, 0.29) is 10.5 Å². The van der Waals surface area contributed by atoms with Crippen LogP contribution in [0.4, 0.5) is 0 Å². The van der Waals surface area contributed by atoms with Crippen molar-refractivity contribution in [2.24, 2.45) is 0 Å². The van der Waals surface area contributed by atoms with E-state index in [1.807, 2.05) is 0 Å². The van der Waals surface area contributed by atoms with Crippen LogP contribution < -0.4 is 0 Å². The van der Waals surface area contributed by atoms with Gasteiger partial charge in [0.25, 0.3) is 9.05 Å². The van der Waals surface area contributed by atoms with E-state index in [1.165, 1.54) is 20.1 Å². The summed E-state index contributed by atoms with van der Waals surface area (Å²) in [7, 11) is 2.50. The highest BCUT2D eigenvalue weighted by molar-refractivity contribution is 8.16. The van der Waals surface area contributed by atoms with Crippen molar-refractivity contribution in [1.82, 2.24) is 0 Å². The predicted molar refractivity (Wildman–Crippen MR) is 54.3 cm³/mol. The fourth-order valence-electron chi connectivity index (χ4n) is 0.667. The van der Waals surface area contributed by atoms with Gasteiger partial charge in [-0.1, -0.05) is 6.08 Å². The smallest absolute Gasteiger partial charge is 0.337 e. The lowest BCUT2D eigenvalue weighted by molar-refractivity contribution is -0.135. The van der Waals surface area contributed by atoms with E-state index in [9.17, 15) is 13.2 Å². The first-order valence-electron chi connectivity index (χ1n) is 3.70. The number of methoxy groups -OCH3 is 1. The van der Waals surface area contributed by atoms with Crippen LogP contribution >= 0.6 is 10.7 Å². The van der Waals surface area contributed by atoms with Crippen molar-refractivity contribution in [3.63, 3.8) is 0 Å². The Hall–Kier alpha value is -0.810. The van der Waals surface area contributed by atoms with Crippen LogP contribution in [0.3, 0.4) is 0 Å². The largest absolute Gasteiger partial charge is 0.465 e. The molecule has 0 N–H and O–H groups in total. The van der Waals surface area contributed by atoms with Crippen molar-refractivity contribution in [3.05, 3.63) is 22.6 Å². The molecule has 80 valence electrons. The van der Waals surface area contributed by atoms with Crippen LogP contribution in [-0.2, 0) is 18.6 Å². The second-order valence-corrected chi connectivity index (χ2v) is 5.17. The fraction of sp³-hybridized carbons (Fsp3) is 0.375. The molecule has 0 aliphatic carbocycles. The van der Waals surface area contributed by atoms with Crippen molar-refractivity contribution in [2.75, 3.05) is 7.11 Å². The zero-order valence-electron chi connectivity index (χ0n) is 8.07. The SMILES string of the molecule is C/C=C(\C=C(/C)S(=O)(=O)Cl)C(=O)OC. The zero-order valence-corrected chi connectivity index (χ0v) is 9.65. The Morgan fingerprint density at radius 3 is 2.21 bits per heavy atom. The van der Waals surface area contributed by atoms with E-state index >= 15 is 0 Å². The monoisotopic (exact) mass is 238 g/mol. The van der Waals surface area contributed by atoms with Gasteiger partial charge in [-0.05, 0) is 19.9 Å². The first-order valence-corrected chi connectivity index (χ1v) is 6.01. The lowest BCUT2D eigenvalue weighted by Crippen LogP contribution is -2.04. The highest BCUT2D eigenvalue weighted by Crippen LogP contribution is 2.14. The molecule has 0 aliphatic rings. The number of esters is 1. The molecule has 6 heteroatoms. The first kappa shape index (κ1) is 13.2. The van der Waals surface area contributed by atoms with E-state index in [4.69, 9.17) is 10.7 Å². The van der Waals surface area contributed by atoms with Gasteiger partial charge in [-0.15, -0.1) is 0 Å². The quantitative estimate of drug-likeness (QED) is 0.324. The Morgan fingerprint density at radius 2 is 1.93 bits per heavy atom. The summed E-state index contributed by atoms with van der Waals surface area (Å²) in [6, 6.07) is 0. The number of hydrogen-bond donors (Lipinski definition) is 0. The van der Waals surface area contributed by atoms with Gasteiger partial charge in [0.1, 0.15) is 0 Å². The molecule has 0 aromatic heterocycles. The summed E-state index contributed by atoms with van der Waals surface area (Å²) in [5.41, 5.74) is 0.147. The molecular formula is C8H11ClO4S. The average molecular weight is 239 g/mol. The number of rotatable bonds is 3. The fourth-order valence-corrected chi connectivity index (χ4v) is 1.07. The number of halogens is 1. The van der Waals surface area contributed by atoms with Gasteiger partial charge < -0.3 is 4.74 Å². The van der Waals surface area contributed by atoms with E-state index in [0.717, 1.165) is 6.08 Å². The third-order valence-electron chi connectivity index (χ3n) is 1.48. The average Bonchev–Trinajstić information content (AvgIpc) is 2.10. The lowest BCUT2D eigenvalue weighted by Gasteiger charge is -2.00. The summed E-state index contributed by atoms with van der Waals surface area (Å²) in [6.07, 6.45) is 2.60. The second kappa shape index (κ2) is 5.17. The maximum absolute atomic E-state index is 11.0. The van der Waals surface area contributed by atoms with Crippen molar-refractivity contribution in [3.8, 4) is 0 Å². The van der Waals surface area contributed by atoms with E-state index in [1.54, 1.807) is 6.92 Å². The summed E-state index contributed by atoms with van der Waals surface area (Å²) >= 11 is 0. The summed E-state index contributed by atoms with van der Waals surface area (Å²) < 4.78 is 26.0. The van der Waals surface area contributed by atoms with Crippen LogP contribution in [0.15, 0.2) is 22.6 Å².